The summed E-state index contributed by atoms with van der Waals surface area (Å²) in [6.07, 6.45) is 3.56. The van der Waals surface area contributed by atoms with Gasteiger partial charge in [0.05, 0.1) is 33.5 Å². The first kappa shape index (κ1) is 21.4. The maximum atomic E-state index is 14.7. The molecule has 0 spiro atoms. The van der Waals surface area contributed by atoms with Crippen LogP contribution in [0.25, 0.3) is 27.6 Å². The van der Waals surface area contributed by atoms with Crippen LogP contribution in [0.5, 0.6) is 0 Å². The number of rotatable bonds is 5. The second kappa shape index (κ2) is 8.46. The maximum Gasteiger partial charge on any atom is 0.266 e. The van der Waals surface area contributed by atoms with Crippen molar-refractivity contribution in [3.8, 4) is 5.69 Å². The number of imidazole rings is 1. The van der Waals surface area contributed by atoms with Crippen LogP contribution < -0.4 is 10.9 Å². The third-order valence-electron chi connectivity index (χ3n) is 5.48. The number of aromatic amines is 1. The standard InChI is InChI=1S/C23H17Cl2FN6O/c1-2-17(31-22-20-21(28-10-27-20)29-11-30-22)18-8-12-4-3-5-16(26)19(12)23(33)32(18)13-6-7-14(24)15(25)9-13/h3-11,17H,2H2,1H3,(H2,27,28,29,30,31)/t17-/m0/s1. The Bertz CT molecular complexity index is 1560. The lowest BCUT2D eigenvalue weighted by molar-refractivity contribution is 0.635. The van der Waals surface area contributed by atoms with E-state index in [1.807, 2.05) is 6.92 Å². The molecule has 0 fully saturated rings. The minimum Gasteiger partial charge on any atom is -0.360 e. The lowest BCUT2D eigenvalue weighted by atomic mass is 10.0. The van der Waals surface area contributed by atoms with E-state index in [-0.39, 0.29) is 16.5 Å². The average molecular weight is 483 g/mol. The van der Waals surface area contributed by atoms with Gasteiger partial charge in [0.15, 0.2) is 11.5 Å². The number of aromatic nitrogens is 5. The fourth-order valence-corrected chi connectivity index (χ4v) is 4.20. The second-order valence-corrected chi connectivity index (χ2v) is 8.25. The van der Waals surface area contributed by atoms with Crippen LogP contribution in [-0.2, 0) is 0 Å². The molecule has 2 N–H and O–H groups in total. The highest BCUT2D eigenvalue weighted by Gasteiger charge is 2.22. The van der Waals surface area contributed by atoms with Crippen molar-refractivity contribution in [3.05, 3.63) is 87.0 Å². The molecule has 3 heterocycles. The van der Waals surface area contributed by atoms with Crippen molar-refractivity contribution in [2.45, 2.75) is 19.4 Å². The van der Waals surface area contributed by atoms with Crippen molar-refractivity contribution < 1.29 is 4.39 Å². The van der Waals surface area contributed by atoms with Crippen LogP contribution in [0.4, 0.5) is 10.2 Å². The largest absolute Gasteiger partial charge is 0.360 e. The van der Waals surface area contributed by atoms with E-state index in [2.05, 4.69) is 25.3 Å². The predicted octanol–water partition coefficient (Wildman–Crippen LogP) is 5.67. The summed E-state index contributed by atoms with van der Waals surface area (Å²) in [5, 5.41) is 4.51. The van der Waals surface area contributed by atoms with Crippen molar-refractivity contribution >= 4 is 51.0 Å². The van der Waals surface area contributed by atoms with Crippen molar-refractivity contribution in [3.63, 3.8) is 0 Å². The lowest BCUT2D eigenvalue weighted by Gasteiger charge is -2.23. The Balaban J connectivity index is 1.75. The van der Waals surface area contributed by atoms with E-state index in [1.165, 1.54) is 23.3 Å². The third kappa shape index (κ3) is 3.71. The Morgan fingerprint density at radius 3 is 2.76 bits per heavy atom. The maximum absolute atomic E-state index is 14.7. The summed E-state index contributed by atoms with van der Waals surface area (Å²) in [6.45, 7) is 1.97. The van der Waals surface area contributed by atoms with E-state index < -0.39 is 11.4 Å². The summed E-state index contributed by atoms with van der Waals surface area (Å²) in [5.41, 5.74) is 1.76. The number of hydrogen-bond donors (Lipinski definition) is 2. The van der Waals surface area contributed by atoms with E-state index in [0.717, 1.165) is 0 Å². The van der Waals surface area contributed by atoms with Gasteiger partial charge in [0.2, 0.25) is 0 Å². The Morgan fingerprint density at radius 1 is 1.12 bits per heavy atom. The molecule has 1 atom stereocenters. The van der Waals surface area contributed by atoms with E-state index in [1.54, 1.807) is 36.4 Å². The van der Waals surface area contributed by atoms with Gasteiger partial charge >= 0.3 is 0 Å². The monoisotopic (exact) mass is 482 g/mol. The fourth-order valence-electron chi connectivity index (χ4n) is 3.91. The van der Waals surface area contributed by atoms with Crippen LogP contribution in [-0.4, -0.2) is 24.5 Å². The first-order chi connectivity index (χ1) is 16.0. The van der Waals surface area contributed by atoms with E-state index in [0.29, 0.717) is 45.2 Å². The zero-order valence-corrected chi connectivity index (χ0v) is 18.8. The number of anilines is 1. The summed E-state index contributed by atoms with van der Waals surface area (Å²) >= 11 is 12.3. The first-order valence-electron chi connectivity index (χ1n) is 10.2. The molecule has 0 amide bonds. The van der Waals surface area contributed by atoms with Crippen LogP contribution >= 0.6 is 23.2 Å². The molecule has 33 heavy (non-hydrogen) atoms. The van der Waals surface area contributed by atoms with Gasteiger partial charge in [-0.05, 0) is 42.1 Å². The Labute approximate surface area is 197 Å². The molecule has 2 aromatic carbocycles. The van der Waals surface area contributed by atoms with Gasteiger partial charge < -0.3 is 10.3 Å². The number of H-pyrrole nitrogens is 1. The topological polar surface area (TPSA) is 88.5 Å². The molecule has 0 unspecified atom stereocenters. The predicted molar refractivity (Wildman–Crippen MR) is 128 cm³/mol. The Hall–Kier alpha value is -3.49. The zero-order valence-electron chi connectivity index (χ0n) is 17.3. The van der Waals surface area contributed by atoms with Gasteiger partial charge in [-0.15, -0.1) is 0 Å². The highest BCUT2D eigenvalue weighted by atomic mass is 35.5. The Kier molecular flexibility index (Phi) is 5.47. The van der Waals surface area contributed by atoms with Gasteiger partial charge in [0.1, 0.15) is 17.7 Å². The van der Waals surface area contributed by atoms with E-state index >= 15 is 0 Å². The van der Waals surface area contributed by atoms with Crippen LogP contribution in [0.3, 0.4) is 0 Å². The van der Waals surface area contributed by atoms with Gasteiger partial charge in [0.25, 0.3) is 5.56 Å². The quantitative estimate of drug-likeness (QED) is 0.337. The van der Waals surface area contributed by atoms with Crippen molar-refractivity contribution in [2.24, 2.45) is 0 Å². The molecule has 166 valence electrons. The molecule has 0 aliphatic heterocycles. The SMILES string of the molecule is CC[C@H](Nc1ncnc2[nH]cnc12)c1cc2cccc(F)c2c(=O)n1-c1ccc(Cl)c(Cl)c1. The minimum absolute atomic E-state index is 0.00102. The summed E-state index contributed by atoms with van der Waals surface area (Å²) in [4.78, 5) is 29.3. The zero-order chi connectivity index (χ0) is 23.1. The number of benzene rings is 2. The molecule has 0 saturated carbocycles. The van der Waals surface area contributed by atoms with E-state index in [9.17, 15) is 9.18 Å². The summed E-state index contributed by atoms with van der Waals surface area (Å²) in [6, 6.07) is 10.9. The van der Waals surface area contributed by atoms with Gasteiger partial charge in [-0.3, -0.25) is 9.36 Å². The molecular formula is C23H17Cl2FN6O. The van der Waals surface area contributed by atoms with Crippen LogP contribution in [0.2, 0.25) is 10.0 Å². The molecule has 0 aliphatic rings. The van der Waals surface area contributed by atoms with Crippen molar-refractivity contribution in [2.75, 3.05) is 5.32 Å². The molecule has 5 aromatic rings. The number of hydrogen-bond acceptors (Lipinski definition) is 5. The smallest absolute Gasteiger partial charge is 0.266 e. The van der Waals surface area contributed by atoms with Gasteiger partial charge in [-0.1, -0.05) is 42.3 Å². The van der Waals surface area contributed by atoms with Crippen molar-refractivity contribution in [1.82, 2.24) is 24.5 Å². The number of nitrogens with one attached hydrogen (secondary N) is 2. The first-order valence-corrected chi connectivity index (χ1v) is 10.9. The van der Waals surface area contributed by atoms with Gasteiger partial charge in [-0.2, -0.15) is 0 Å². The lowest BCUT2D eigenvalue weighted by Crippen LogP contribution is -2.27. The minimum atomic E-state index is -0.590. The molecule has 0 saturated heterocycles. The number of fused-ring (bicyclic) bond motifs is 2. The molecule has 0 aliphatic carbocycles. The number of halogens is 3. The van der Waals surface area contributed by atoms with Crippen LogP contribution in [0, 0.1) is 5.82 Å². The van der Waals surface area contributed by atoms with Crippen LogP contribution in [0.1, 0.15) is 25.1 Å². The highest BCUT2D eigenvalue weighted by Crippen LogP contribution is 2.30. The van der Waals surface area contributed by atoms with Gasteiger partial charge in [-0.25, -0.2) is 19.3 Å². The van der Waals surface area contributed by atoms with Crippen LogP contribution in [0.15, 0.2) is 59.9 Å². The molecule has 5 rings (SSSR count). The molecule has 3 aromatic heterocycles. The van der Waals surface area contributed by atoms with E-state index in [4.69, 9.17) is 23.2 Å². The average Bonchev–Trinajstić information content (AvgIpc) is 3.29. The molecule has 0 radical (unpaired) electrons. The summed E-state index contributed by atoms with van der Waals surface area (Å²) in [5.74, 6) is -0.0755. The fraction of sp³-hybridized carbons (Fsp3) is 0.130. The van der Waals surface area contributed by atoms with Crippen molar-refractivity contribution in [1.29, 1.82) is 0 Å². The molecule has 10 heteroatoms. The number of nitrogens with zero attached hydrogens (tertiary/aromatic N) is 4. The normalized spacial score (nSPS) is 12.4. The van der Waals surface area contributed by atoms with Gasteiger partial charge in [0, 0.05) is 5.69 Å². The number of pyridine rings is 1. The molecule has 7 nitrogen and oxygen atoms in total. The highest BCUT2D eigenvalue weighted by molar-refractivity contribution is 6.42. The second-order valence-electron chi connectivity index (χ2n) is 7.44. The summed E-state index contributed by atoms with van der Waals surface area (Å²) < 4.78 is 16.1. The Morgan fingerprint density at radius 2 is 1.97 bits per heavy atom. The third-order valence-corrected chi connectivity index (χ3v) is 6.22. The molecule has 0 bridgehead atoms. The summed E-state index contributed by atoms with van der Waals surface area (Å²) in [7, 11) is 0. The molecular weight excluding hydrogens is 466 g/mol.